The number of rotatable bonds is 5. The molecule has 0 bridgehead atoms. The zero-order valence-corrected chi connectivity index (χ0v) is 12.0. The normalized spacial score (nSPS) is 15.6. The molecule has 2 nitrogen and oxygen atoms in total. The minimum atomic E-state index is -0.181. The molecule has 3 rings (SSSR count). The number of nitrogens with one attached hydrogen (secondary N) is 1. The SMILES string of the molecule is O=C(NC1CC1)[C@H](Sc1ccccc1)c1ccccc1. The Morgan fingerprint density at radius 1 is 1.00 bits per heavy atom. The molecule has 0 heterocycles. The summed E-state index contributed by atoms with van der Waals surface area (Å²) >= 11 is 1.61. The first-order valence-electron chi connectivity index (χ1n) is 6.90. The fraction of sp³-hybridized carbons (Fsp3) is 0.235. The first-order valence-corrected chi connectivity index (χ1v) is 7.78. The van der Waals surface area contributed by atoms with Crippen LogP contribution in [0.15, 0.2) is 65.6 Å². The molecular formula is C17H17NOS. The molecule has 0 spiro atoms. The molecule has 1 aliphatic carbocycles. The van der Waals surface area contributed by atoms with Crippen molar-refractivity contribution in [3.05, 3.63) is 66.2 Å². The van der Waals surface area contributed by atoms with Gasteiger partial charge in [-0.25, -0.2) is 0 Å². The van der Waals surface area contributed by atoms with Crippen LogP contribution in [-0.4, -0.2) is 11.9 Å². The van der Waals surface area contributed by atoms with Crippen molar-refractivity contribution in [3.63, 3.8) is 0 Å². The lowest BCUT2D eigenvalue weighted by atomic mass is 10.1. The van der Waals surface area contributed by atoms with Crippen LogP contribution in [0.5, 0.6) is 0 Å². The highest BCUT2D eigenvalue weighted by Crippen LogP contribution is 2.36. The molecule has 0 radical (unpaired) electrons. The van der Waals surface area contributed by atoms with E-state index in [2.05, 4.69) is 5.32 Å². The number of amides is 1. The van der Waals surface area contributed by atoms with Gasteiger partial charge >= 0.3 is 0 Å². The summed E-state index contributed by atoms with van der Waals surface area (Å²) in [7, 11) is 0. The second-order valence-electron chi connectivity index (χ2n) is 5.00. The number of benzene rings is 2. The standard InChI is InChI=1S/C17H17NOS/c19-17(18-14-11-12-14)16(13-7-3-1-4-8-13)20-15-9-5-2-6-10-15/h1-10,14,16H,11-12H2,(H,18,19)/t16-/m1/s1. The van der Waals surface area contributed by atoms with Crippen LogP contribution in [0.25, 0.3) is 0 Å². The topological polar surface area (TPSA) is 29.1 Å². The van der Waals surface area contributed by atoms with E-state index in [0.717, 1.165) is 23.3 Å². The van der Waals surface area contributed by atoms with Crippen molar-refractivity contribution < 1.29 is 4.79 Å². The third-order valence-corrected chi connectivity index (χ3v) is 4.53. The third kappa shape index (κ3) is 3.42. The quantitative estimate of drug-likeness (QED) is 0.846. The predicted octanol–water partition coefficient (Wildman–Crippen LogP) is 3.80. The summed E-state index contributed by atoms with van der Waals surface area (Å²) in [5.41, 5.74) is 1.06. The smallest absolute Gasteiger partial charge is 0.238 e. The molecule has 3 heteroatoms. The number of hydrogen-bond acceptors (Lipinski definition) is 2. The van der Waals surface area contributed by atoms with E-state index < -0.39 is 0 Å². The van der Waals surface area contributed by atoms with Crippen molar-refractivity contribution in [1.82, 2.24) is 5.32 Å². The van der Waals surface area contributed by atoms with Crippen molar-refractivity contribution in [2.45, 2.75) is 29.0 Å². The van der Waals surface area contributed by atoms with E-state index in [1.54, 1.807) is 11.8 Å². The Kier molecular flexibility index (Phi) is 4.07. The second-order valence-corrected chi connectivity index (χ2v) is 6.18. The Hall–Kier alpha value is -1.74. The fourth-order valence-corrected chi connectivity index (χ4v) is 3.10. The van der Waals surface area contributed by atoms with E-state index in [1.807, 2.05) is 60.7 Å². The van der Waals surface area contributed by atoms with Gasteiger partial charge in [-0.2, -0.15) is 0 Å². The molecule has 20 heavy (non-hydrogen) atoms. The molecule has 1 atom stereocenters. The lowest BCUT2D eigenvalue weighted by molar-refractivity contribution is -0.120. The molecule has 1 aliphatic rings. The highest BCUT2D eigenvalue weighted by atomic mass is 32.2. The van der Waals surface area contributed by atoms with Crippen LogP contribution in [0.3, 0.4) is 0 Å². The summed E-state index contributed by atoms with van der Waals surface area (Å²) in [4.78, 5) is 13.6. The van der Waals surface area contributed by atoms with Gasteiger partial charge in [-0.3, -0.25) is 4.79 Å². The van der Waals surface area contributed by atoms with Gasteiger partial charge in [0.1, 0.15) is 5.25 Å². The Morgan fingerprint density at radius 3 is 2.20 bits per heavy atom. The minimum absolute atomic E-state index is 0.118. The van der Waals surface area contributed by atoms with Crippen molar-refractivity contribution in [3.8, 4) is 0 Å². The van der Waals surface area contributed by atoms with Gasteiger partial charge in [0, 0.05) is 10.9 Å². The van der Waals surface area contributed by atoms with Gasteiger partial charge < -0.3 is 5.32 Å². The largest absolute Gasteiger partial charge is 0.352 e. The number of carbonyl (C=O) groups is 1. The van der Waals surface area contributed by atoms with E-state index in [-0.39, 0.29) is 11.2 Å². The lowest BCUT2D eigenvalue weighted by Crippen LogP contribution is -2.29. The zero-order chi connectivity index (χ0) is 13.8. The van der Waals surface area contributed by atoms with Crippen LogP contribution >= 0.6 is 11.8 Å². The Morgan fingerprint density at radius 2 is 1.60 bits per heavy atom. The molecule has 1 N–H and O–H groups in total. The summed E-state index contributed by atoms with van der Waals surface area (Å²) in [5.74, 6) is 0.118. The maximum Gasteiger partial charge on any atom is 0.238 e. The molecule has 2 aromatic carbocycles. The Labute approximate surface area is 123 Å². The lowest BCUT2D eigenvalue weighted by Gasteiger charge is -2.16. The summed E-state index contributed by atoms with van der Waals surface area (Å²) < 4.78 is 0. The first kappa shape index (κ1) is 13.3. The average molecular weight is 283 g/mol. The van der Waals surface area contributed by atoms with Crippen molar-refractivity contribution in [1.29, 1.82) is 0 Å². The van der Waals surface area contributed by atoms with Gasteiger partial charge in [0.05, 0.1) is 0 Å². The molecular weight excluding hydrogens is 266 g/mol. The highest BCUT2D eigenvalue weighted by molar-refractivity contribution is 8.00. The first-order chi connectivity index (χ1) is 9.83. The van der Waals surface area contributed by atoms with E-state index in [0.29, 0.717) is 6.04 Å². The van der Waals surface area contributed by atoms with E-state index in [4.69, 9.17) is 0 Å². The molecule has 0 unspecified atom stereocenters. The second kappa shape index (κ2) is 6.14. The van der Waals surface area contributed by atoms with Gasteiger partial charge in [-0.15, -0.1) is 11.8 Å². The van der Waals surface area contributed by atoms with Gasteiger partial charge in [0.15, 0.2) is 0 Å². The van der Waals surface area contributed by atoms with Crippen LogP contribution in [0.2, 0.25) is 0 Å². The highest BCUT2D eigenvalue weighted by Gasteiger charge is 2.28. The molecule has 0 saturated heterocycles. The molecule has 1 amide bonds. The van der Waals surface area contributed by atoms with Crippen LogP contribution in [0, 0.1) is 0 Å². The Bertz CT molecular complexity index is 566. The van der Waals surface area contributed by atoms with E-state index >= 15 is 0 Å². The van der Waals surface area contributed by atoms with Gasteiger partial charge in [0.25, 0.3) is 0 Å². The summed E-state index contributed by atoms with van der Waals surface area (Å²) in [6.07, 6.45) is 2.23. The number of carbonyl (C=O) groups excluding carboxylic acids is 1. The maximum absolute atomic E-state index is 12.5. The van der Waals surface area contributed by atoms with Crippen LogP contribution in [0.4, 0.5) is 0 Å². The van der Waals surface area contributed by atoms with Gasteiger partial charge in [-0.1, -0.05) is 48.5 Å². The average Bonchev–Trinajstić information content (AvgIpc) is 3.30. The summed E-state index contributed by atoms with van der Waals surface area (Å²) in [6.45, 7) is 0. The molecule has 0 aliphatic heterocycles. The fourth-order valence-electron chi connectivity index (χ4n) is 2.04. The molecule has 1 saturated carbocycles. The monoisotopic (exact) mass is 283 g/mol. The maximum atomic E-state index is 12.5. The molecule has 102 valence electrons. The summed E-state index contributed by atoms with van der Waals surface area (Å²) in [6, 6.07) is 20.5. The van der Waals surface area contributed by atoms with Crippen LogP contribution in [0.1, 0.15) is 23.7 Å². The van der Waals surface area contributed by atoms with Crippen molar-refractivity contribution in [2.75, 3.05) is 0 Å². The summed E-state index contributed by atoms with van der Waals surface area (Å²) in [5, 5.41) is 2.93. The Balaban J connectivity index is 1.81. The zero-order valence-electron chi connectivity index (χ0n) is 11.2. The molecule has 2 aromatic rings. The number of hydrogen-bond donors (Lipinski definition) is 1. The van der Waals surface area contributed by atoms with Gasteiger partial charge in [0.2, 0.25) is 5.91 Å². The third-order valence-electron chi connectivity index (χ3n) is 3.26. The van der Waals surface area contributed by atoms with Crippen LogP contribution in [-0.2, 0) is 4.79 Å². The molecule has 1 fully saturated rings. The number of thioether (sulfide) groups is 1. The van der Waals surface area contributed by atoms with E-state index in [1.165, 1.54) is 0 Å². The van der Waals surface area contributed by atoms with Crippen molar-refractivity contribution >= 4 is 17.7 Å². The molecule has 0 aromatic heterocycles. The minimum Gasteiger partial charge on any atom is -0.352 e. The van der Waals surface area contributed by atoms with Gasteiger partial charge in [-0.05, 0) is 30.5 Å². The van der Waals surface area contributed by atoms with Crippen molar-refractivity contribution in [2.24, 2.45) is 0 Å². The van der Waals surface area contributed by atoms with Crippen LogP contribution < -0.4 is 5.32 Å². The van der Waals surface area contributed by atoms with E-state index in [9.17, 15) is 4.79 Å². The predicted molar refractivity (Wildman–Crippen MR) is 82.6 cm³/mol.